The Bertz CT molecular complexity index is 673. The SMILES string of the molecule is C[C@@H](C[C@H](C)O[C@@H]1O[C@H](CO)[C@@H](O)[C@H](O)[C@H]1O)OC(=O)/C=C/c1ccc(O)cc1. The largest absolute Gasteiger partial charge is 0.508 e. The molecule has 9 nitrogen and oxygen atoms in total. The molecule has 162 valence electrons. The molecule has 0 amide bonds. The molecule has 29 heavy (non-hydrogen) atoms. The molecule has 0 aromatic heterocycles. The summed E-state index contributed by atoms with van der Waals surface area (Å²) in [6.07, 6.45) is -4.65. The first kappa shape index (κ1) is 23.3. The van der Waals surface area contributed by atoms with Crippen LogP contribution in [0, 0.1) is 0 Å². The molecule has 2 rings (SSSR count). The molecule has 1 fully saturated rings. The summed E-state index contributed by atoms with van der Waals surface area (Å²) >= 11 is 0. The Morgan fingerprint density at radius 2 is 1.76 bits per heavy atom. The summed E-state index contributed by atoms with van der Waals surface area (Å²) in [7, 11) is 0. The van der Waals surface area contributed by atoms with Crippen LogP contribution in [0.4, 0.5) is 0 Å². The molecule has 1 saturated heterocycles. The molecule has 1 aromatic rings. The van der Waals surface area contributed by atoms with Crippen molar-refractivity contribution in [1.29, 1.82) is 0 Å². The Balaban J connectivity index is 1.81. The topological polar surface area (TPSA) is 146 Å². The van der Waals surface area contributed by atoms with Crippen LogP contribution in [0.1, 0.15) is 25.8 Å². The fraction of sp³-hybridized carbons (Fsp3) is 0.550. The molecule has 1 aliphatic rings. The number of ether oxygens (including phenoxy) is 3. The van der Waals surface area contributed by atoms with Gasteiger partial charge in [-0.05, 0) is 37.6 Å². The molecule has 1 aliphatic heterocycles. The molecule has 0 aliphatic carbocycles. The lowest BCUT2D eigenvalue weighted by Gasteiger charge is -2.40. The molecule has 1 aromatic carbocycles. The molecule has 1 heterocycles. The number of hydrogen-bond acceptors (Lipinski definition) is 9. The fourth-order valence-corrected chi connectivity index (χ4v) is 2.97. The summed E-state index contributed by atoms with van der Waals surface area (Å²) in [5, 5.41) is 48.0. The predicted molar refractivity (Wildman–Crippen MR) is 102 cm³/mol. The second kappa shape index (κ2) is 10.7. The summed E-state index contributed by atoms with van der Waals surface area (Å²) in [5.41, 5.74) is 0.728. The van der Waals surface area contributed by atoms with Gasteiger partial charge in [0.25, 0.3) is 0 Å². The fourth-order valence-electron chi connectivity index (χ4n) is 2.97. The Morgan fingerprint density at radius 1 is 1.10 bits per heavy atom. The first-order valence-electron chi connectivity index (χ1n) is 9.35. The monoisotopic (exact) mass is 412 g/mol. The highest BCUT2D eigenvalue weighted by Crippen LogP contribution is 2.24. The highest BCUT2D eigenvalue weighted by Gasteiger charge is 2.44. The first-order valence-corrected chi connectivity index (χ1v) is 9.35. The number of benzene rings is 1. The Labute approximate surface area is 168 Å². The summed E-state index contributed by atoms with van der Waals surface area (Å²) in [5.74, 6) is -0.419. The van der Waals surface area contributed by atoms with Crippen LogP contribution in [0.5, 0.6) is 5.75 Å². The normalized spacial score (nSPS) is 29.5. The molecule has 5 N–H and O–H groups in total. The number of phenolic OH excluding ortho intramolecular Hbond substituents is 1. The highest BCUT2D eigenvalue weighted by atomic mass is 16.7. The maximum Gasteiger partial charge on any atom is 0.331 e. The van der Waals surface area contributed by atoms with Crippen molar-refractivity contribution < 1.29 is 44.5 Å². The average molecular weight is 412 g/mol. The molecule has 0 saturated carbocycles. The lowest BCUT2D eigenvalue weighted by molar-refractivity contribution is -0.311. The van der Waals surface area contributed by atoms with Crippen molar-refractivity contribution in [2.24, 2.45) is 0 Å². The predicted octanol–water partition coefficient (Wildman–Crippen LogP) is -0.0678. The van der Waals surface area contributed by atoms with Gasteiger partial charge in [0.1, 0.15) is 36.3 Å². The zero-order valence-electron chi connectivity index (χ0n) is 16.3. The van der Waals surface area contributed by atoms with Crippen LogP contribution in [0.2, 0.25) is 0 Å². The van der Waals surface area contributed by atoms with E-state index in [0.717, 1.165) is 5.56 Å². The quantitative estimate of drug-likeness (QED) is 0.292. The zero-order valence-corrected chi connectivity index (χ0v) is 16.3. The second-order valence-corrected chi connectivity index (χ2v) is 7.05. The Hall–Kier alpha value is -2.01. The van der Waals surface area contributed by atoms with E-state index in [1.807, 2.05) is 0 Å². The van der Waals surface area contributed by atoms with Gasteiger partial charge in [-0.15, -0.1) is 0 Å². The molecule has 0 bridgehead atoms. The second-order valence-electron chi connectivity index (χ2n) is 7.05. The van der Waals surface area contributed by atoms with Gasteiger partial charge in [-0.3, -0.25) is 0 Å². The van der Waals surface area contributed by atoms with Gasteiger partial charge in [0.15, 0.2) is 6.29 Å². The van der Waals surface area contributed by atoms with Crippen LogP contribution in [0.15, 0.2) is 30.3 Å². The molecular weight excluding hydrogens is 384 g/mol. The number of aromatic hydroxyl groups is 1. The van der Waals surface area contributed by atoms with E-state index in [2.05, 4.69) is 0 Å². The van der Waals surface area contributed by atoms with Crippen molar-refractivity contribution in [3.63, 3.8) is 0 Å². The minimum atomic E-state index is -1.52. The number of rotatable bonds is 8. The number of carbonyl (C=O) groups excluding carboxylic acids is 1. The summed E-state index contributed by atoms with van der Waals surface area (Å²) in [6.45, 7) is 2.82. The van der Waals surface area contributed by atoms with Crippen molar-refractivity contribution >= 4 is 12.0 Å². The van der Waals surface area contributed by atoms with E-state index in [4.69, 9.17) is 14.2 Å². The van der Waals surface area contributed by atoms with Gasteiger partial charge in [0.05, 0.1) is 12.7 Å². The van der Waals surface area contributed by atoms with Gasteiger partial charge >= 0.3 is 5.97 Å². The zero-order chi connectivity index (χ0) is 21.6. The molecule has 0 radical (unpaired) electrons. The third-order valence-electron chi connectivity index (χ3n) is 4.50. The van der Waals surface area contributed by atoms with Crippen molar-refractivity contribution in [3.8, 4) is 5.75 Å². The maximum absolute atomic E-state index is 11.9. The third kappa shape index (κ3) is 6.77. The lowest BCUT2D eigenvalue weighted by atomic mass is 9.99. The van der Waals surface area contributed by atoms with Crippen molar-refractivity contribution in [3.05, 3.63) is 35.9 Å². The number of hydrogen-bond donors (Lipinski definition) is 5. The average Bonchev–Trinajstić information content (AvgIpc) is 2.67. The van der Waals surface area contributed by atoms with Crippen LogP contribution in [-0.2, 0) is 19.0 Å². The van der Waals surface area contributed by atoms with Crippen LogP contribution < -0.4 is 0 Å². The number of aliphatic hydroxyl groups excluding tert-OH is 4. The van der Waals surface area contributed by atoms with E-state index in [1.54, 1.807) is 32.1 Å². The number of carbonyl (C=O) groups is 1. The number of esters is 1. The highest BCUT2D eigenvalue weighted by molar-refractivity contribution is 5.87. The van der Waals surface area contributed by atoms with Gasteiger partial charge in [0.2, 0.25) is 0 Å². The summed E-state index contributed by atoms with van der Waals surface area (Å²) in [6, 6.07) is 6.31. The van der Waals surface area contributed by atoms with Crippen molar-refractivity contribution in [2.75, 3.05) is 6.61 Å². The minimum Gasteiger partial charge on any atom is -0.508 e. The Morgan fingerprint density at radius 3 is 2.38 bits per heavy atom. The van der Waals surface area contributed by atoms with E-state index in [1.165, 1.54) is 18.2 Å². The summed E-state index contributed by atoms with van der Waals surface area (Å²) < 4.78 is 16.1. The number of aliphatic hydroxyl groups is 4. The molecule has 9 heteroatoms. The standard InChI is InChI=1S/C20H28O9/c1-11(27-16(23)8-5-13-3-6-14(22)7-4-13)9-12(2)28-20-19(26)18(25)17(24)15(10-21)29-20/h3-8,11-12,15,17-22,24-26H,9-10H2,1-2H3/b8-5+/t11-,12-,15+,17+,18-,19+,20+/m0/s1. The van der Waals surface area contributed by atoms with E-state index in [-0.39, 0.29) is 12.2 Å². The molecule has 0 unspecified atom stereocenters. The van der Waals surface area contributed by atoms with Crippen LogP contribution in [0.25, 0.3) is 6.08 Å². The van der Waals surface area contributed by atoms with E-state index in [0.29, 0.717) is 0 Å². The molecule has 7 atom stereocenters. The van der Waals surface area contributed by atoms with Crippen LogP contribution in [0.3, 0.4) is 0 Å². The lowest BCUT2D eigenvalue weighted by Crippen LogP contribution is -2.59. The van der Waals surface area contributed by atoms with Gasteiger partial charge in [0, 0.05) is 12.5 Å². The molecular formula is C20H28O9. The Kier molecular flexibility index (Phi) is 8.57. The van der Waals surface area contributed by atoms with Gasteiger partial charge in [-0.1, -0.05) is 12.1 Å². The van der Waals surface area contributed by atoms with E-state index >= 15 is 0 Å². The van der Waals surface area contributed by atoms with Crippen molar-refractivity contribution in [2.45, 2.75) is 63.2 Å². The van der Waals surface area contributed by atoms with Gasteiger partial charge in [-0.2, -0.15) is 0 Å². The van der Waals surface area contributed by atoms with E-state index < -0.39 is 55.5 Å². The van der Waals surface area contributed by atoms with E-state index in [9.17, 15) is 30.3 Å². The smallest absolute Gasteiger partial charge is 0.331 e. The summed E-state index contributed by atoms with van der Waals surface area (Å²) in [4.78, 5) is 11.9. The van der Waals surface area contributed by atoms with Crippen LogP contribution >= 0.6 is 0 Å². The number of phenols is 1. The van der Waals surface area contributed by atoms with Crippen molar-refractivity contribution in [1.82, 2.24) is 0 Å². The minimum absolute atomic E-state index is 0.131. The molecule has 0 spiro atoms. The maximum atomic E-state index is 11.9. The first-order chi connectivity index (χ1) is 13.7. The van der Waals surface area contributed by atoms with Gasteiger partial charge < -0.3 is 39.7 Å². The van der Waals surface area contributed by atoms with Gasteiger partial charge in [-0.25, -0.2) is 4.79 Å². The van der Waals surface area contributed by atoms with Crippen LogP contribution in [-0.4, -0.2) is 81.0 Å². The third-order valence-corrected chi connectivity index (χ3v) is 4.50.